The molecule has 0 spiro atoms. The van der Waals surface area contributed by atoms with Crippen LogP contribution in [0.4, 0.5) is 5.69 Å². The van der Waals surface area contributed by atoms with E-state index in [1.165, 1.54) is 0 Å². The number of carbonyl (C=O) groups excluding carboxylic acids is 1. The fraction of sp³-hybridized carbons (Fsp3) is 0.417. The predicted molar refractivity (Wildman–Crippen MR) is 64.6 cm³/mol. The Morgan fingerprint density at radius 2 is 2.18 bits per heavy atom. The van der Waals surface area contributed by atoms with Gasteiger partial charge in [0, 0.05) is 19.7 Å². The lowest BCUT2D eigenvalue weighted by Gasteiger charge is -2.27. The van der Waals surface area contributed by atoms with Crippen molar-refractivity contribution in [2.45, 2.75) is 6.10 Å². The van der Waals surface area contributed by atoms with E-state index >= 15 is 0 Å². The van der Waals surface area contributed by atoms with Gasteiger partial charge in [0.25, 0.3) is 5.91 Å². The molecule has 0 aromatic heterocycles. The van der Waals surface area contributed by atoms with E-state index in [1.807, 2.05) is 13.1 Å². The van der Waals surface area contributed by atoms with Gasteiger partial charge in [-0.05, 0) is 18.2 Å². The van der Waals surface area contributed by atoms with Gasteiger partial charge in [-0.25, -0.2) is 0 Å². The topological polar surface area (TPSA) is 59.6 Å². The highest BCUT2D eigenvalue weighted by molar-refractivity contribution is 5.95. The molecule has 1 amide bonds. The van der Waals surface area contributed by atoms with Crippen molar-refractivity contribution in [3.63, 3.8) is 0 Å². The third-order valence-corrected chi connectivity index (χ3v) is 2.64. The fourth-order valence-corrected chi connectivity index (χ4v) is 1.57. The minimum absolute atomic E-state index is 0.0852. The number of nitrogens with one attached hydrogen (secondary N) is 2. The third kappa shape index (κ3) is 2.50. The van der Waals surface area contributed by atoms with E-state index in [4.69, 9.17) is 9.47 Å². The van der Waals surface area contributed by atoms with Crippen molar-refractivity contribution in [3.05, 3.63) is 23.8 Å². The second-order valence-electron chi connectivity index (χ2n) is 3.82. The first-order valence-electron chi connectivity index (χ1n) is 5.53. The zero-order valence-corrected chi connectivity index (χ0v) is 9.95. The molecular weight excluding hydrogens is 220 g/mol. The number of ether oxygens (including phenoxy) is 2. The van der Waals surface area contributed by atoms with Gasteiger partial charge in [-0.3, -0.25) is 4.79 Å². The molecule has 1 fully saturated rings. The molecule has 0 saturated carbocycles. The molecule has 17 heavy (non-hydrogen) atoms. The zero-order valence-electron chi connectivity index (χ0n) is 9.95. The summed E-state index contributed by atoms with van der Waals surface area (Å²) in [5.41, 5.74) is 1.45. The first-order chi connectivity index (χ1) is 8.24. The van der Waals surface area contributed by atoms with Crippen LogP contribution in [0.1, 0.15) is 10.4 Å². The highest BCUT2D eigenvalue weighted by Crippen LogP contribution is 2.27. The monoisotopic (exact) mass is 236 g/mol. The molecule has 1 aromatic carbocycles. The molecule has 1 aromatic rings. The van der Waals surface area contributed by atoms with Gasteiger partial charge in [-0.2, -0.15) is 0 Å². The minimum atomic E-state index is -0.123. The predicted octanol–water partition coefficient (Wildman–Crippen LogP) is 0.865. The summed E-state index contributed by atoms with van der Waals surface area (Å²) >= 11 is 0. The first-order valence-corrected chi connectivity index (χ1v) is 5.53. The number of hydrogen-bond donors (Lipinski definition) is 2. The second-order valence-corrected chi connectivity index (χ2v) is 3.82. The summed E-state index contributed by atoms with van der Waals surface area (Å²) in [4.78, 5) is 11.5. The molecule has 1 aliphatic heterocycles. The molecule has 0 aliphatic carbocycles. The van der Waals surface area contributed by atoms with Crippen LogP contribution < -0.4 is 15.4 Å². The van der Waals surface area contributed by atoms with Gasteiger partial charge in [0.1, 0.15) is 11.9 Å². The van der Waals surface area contributed by atoms with Crippen molar-refractivity contribution in [2.75, 3.05) is 32.6 Å². The van der Waals surface area contributed by atoms with Crippen LogP contribution >= 0.6 is 0 Å². The Bertz CT molecular complexity index is 416. The zero-order chi connectivity index (χ0) is 12.3. The highest BCUT2D eigenvalue weighted by Gasteiger charge is 2.21. The Kier molecular flexibility index (Phi) is 3.49. The smallest absolute Gasteiger partial charge is 0.251 e. The van der Waals surface area contributed by atoms with Crippen LogP contribution in [-0.2, 0) is 4.74 Å². The van der Waals surface area contributed by atoms with Gasteiger partial charge in [0.15, 0.2) is 0 Å². The molecule has 5 heteroatoms. The lowest BCUT2D eigenvalue weighted by Crippen LogP contribution is -2.38. The van der Waals surface area contributed by atoms with Gasteiger partial charge in [-0.15, -0.1) is 0 Å². The van der Waals surface area contributed by atoms with E-state index in [0.29, 0.717) is 24.5 Å². The molecular formula is C12H16N2O3. The molecule has 0 unspecified atom stereocenters. The average molecular weight is 236 g/mol. The summed E-state index contributed by atoms with van der Waals surface area (Å²) in [7, 11) is 3.42. The molecule has 0 bridgehead atoms. The molecule has 0 atom stereocenters. The molecule has 0 radical (unpaired) electrons. The van der Waals surface area contributed by atoms with Crippen LogP contribution in [-0.4, -0.2) is 39.3 Å². The molecule has 2 N–H and O–H groups in total. The maximum atomic E-state index is 11.5. The Morgan fingerprint density at radius 3 is 2.71 bits per heavy atom. The van der Waals surface area contributed by atoms with Crippen LogP contribution in [0.25, 0.3) is 0 Å². The van der Waals surface area contributed by atoms with Crippen LogP contribution in [0.15, 0.2) is 18.2 Å². The molecule has 2 rings (SSSR count). The average Bonchev–Trinajstić information content (AvgIpc) is 2.32. The lowest BCUT2D eigenvalue weighted by molar-refractivity contribution is -0.0794. The van der Waals surface area contributed by atoms with Crippen LogP contribution in [0.5, 0.6) is 5.75 Å². The van der Waals surface area contributed by atoms with Gasteiger partial charge < -0.3 is 20.1 Å². The number of benzene rings is 1. The number of anilines is 1. The van der Waals surface area contributed by atoms with Gasteiger partial charge in [-0.1, -0.05) is 0 Å². The van der Waals surface area contributed by atoms with Crippen LogP contribution in [0, 0.1) is 0 Å². The molecule has 5 nitrogen and oxygen atoms in total. The van der Waals surface area contributed by atoms with E-state index in [2.05, 4.69) is 10.6 Å². The van der Waals surface area contributed by atoms with E-state index in [-0.39, 0.29) is 12.0 Å². The summed E-state index contributed by atoms with van der Waals surface area (Å²) in [6.45, 7) is 1.21. The Balaban J connectivity index is 2.22. The fourth-order valence-electron chi connectivity index (χ4n) is 1.57. The highest BCUT2D eigenvalue weighted by atomic mass is 16.6. The molecule has 1 saturated heterocycles. The lowest BCUT2D eigenvalue weighted by atomic mass is 10.1. The maximum Gasteiger partial charge on any atom is 0.251 e. The van der Waals surface area contributed by atoms with E-state index < -0.39 is 0 Å². The van der Waals surface area contributed by atoms with Crippen molar-refractivity contribution in [1.29, 1.82) is 0 Å². The molecule has 92 valence electrons. The first kappa shape index (κ1) is 11.7. The number of rotatable bonds is 4. The van der Waals surface area contributed by atoms with Crippen molar-refractivity contribution < 1.29 is 14.3 Å². The standard InChI is InChI=1S/C12H16N2O3/c1-13-10-4-3-8(12(15)14-2)5-11(10)17-9-6-16-7-9/h3-5,9,13H,6-7H2,1-2H3,(H,14,15). The van der Waals surface area contributed by atoms with Gasteiger partial charge >= 0.3 is 0 Å². The largest absolute Gasteiger partial charge is 0.483 e. The SMILES string of the molecule is CNC(=O)c1ccc(NC)c(OC2COC2)c1. The number of hydrogen-bond acceptors (Lipinski definition) is 4. The molecule has 1 aliphatic rings. The Morgan fingerprint density at radius 1 is 1.41 bits per heavy atom. The quantitative estimate of drug-likeness (QED) is 0.814. The van der Waals surface area contributed by atoms with Crippen molar-refractivity contribution in [1.82, 2.24) is 5.32 Å². The Labute approximate surface area is 100 Å². The summed E-state index contributed by atoms with van der Waals surface area (Å²) in [5.74, 6) is 0.560. The van der Waals surface area contributed by atoms with E-state index in [1.54, 1.807) is 19.2 Å². The third-order valence-electron chi connectivity index (χ3n) is 2.64. The number of carbonyl (C=O) groups is 1. The normalized spacial score (nSPS) is 14.9. The van der Waals surface area contributed by atoms with Gasteiger partial charge in [0.2, 0.25) is 0 Å². The van der Waals surface area contributed by atoms with E-state index in [0.717, 1.165) is 5.69 Å². The van der Waals surface area contributed by atoms with Gasteiger partial charge in [0.05, 0.1) is 18.9 Å². The van der Waals surface area contributed by atoms with Crippen molar-refractivity contribution >= 4 is 11.6 Å². The Hall–Kier alpha value is -1.75. The van der Waals surface area contributed by atoms with Crippen molar-refractivity contribution in [2.24, 2.45) is 0 Å². The summed E-state index contributed by atoms with van der Waals surface area (Å²) < 4.78 is 10.8. The van der Waals surface area contributed by atoms with Crippen molar-refractivity contribution in [3.8, 4) is 5.75 Å². The summed E-state index contributed by atoms with van der Waals surface area (Å²) in [5, 5.41) is 5.62. The maximum absolute atomic E-state index is 11.5. The summed E-state index contributed by atoms with van der Waals surface area (Å²) in [6.07, 6.45) is 0.0852. The van der Waals surface area contributed by atoms with E-state index in [9.17, 15) is 4.79 Å². The molecule has 1 heterocycles. The summed E-state index contributed by atoms with van der Waals surface area (Å²) in [6, 6.07) is 5.33. The minimum Gasteiger partial charge on any atom is -0.483 e. The second kappa shape index (κ2) is 5.05. The van der Waals surface area contributed by atoms with Crippen LogP contribution in [0.2, 0.25) is 0 Å². The van der Waals surface area contributed by atoms with Crippen LogP contribution in [0.3, 0.4) is 0 Å². The number of amides is 1.